The quantitative estimate of drug-likeness (QED) is 0.772. The third-order valence-electron chi connectivity index (χ3n) is 3.14. The molecule has 5 heteroatoms. The summed E-state index contributed by atoms with van der Waals surface area (Å²) in [5.74, 6) is 1.11. The minimum atomic E-state index is 0.211. The lowest BCUT2D eigenvalue weighted by molar-refractivity contribution is 0.431. The molecule has 2 aromatic heterocycles. The summed E-state index contributed by atoms with van der Waals surface area (Å²) in [6.07, 6.45) is 3.44. The second kappa shape index (κ2) is 4.77. The van der Waals surface area contributed by atoms with Crippen LogP contribution in [0.1, 0.15) is 11.1 Å². The minimum absolute atomic E-state index is 0.211. The highest BCUT2D eigenvalue weighted by molar-refractivity contribution is 5.63. The van der Waals surface area contributed by atoms with Crippen molar-refractivity contribution in [1.82, 2.24) is 15.1 Å². The zero-order valence-corrected chi connectivity index (χ0v) is 11.2. The van der Waals surface area contributed by atoms with Gasteiger partial charge in [0.1, 0.15) is 5.75 Å². The van der Waals surface area contributed by atoms with Gasteiger partial charge in [-0.15, -0.1) is 0 Å². The van der Waals surface area contributed by atoms with Crippen molar-refractivity contribution in [3.8, 4) is 28.6 Å². The molecule has 3 aromatic rings. The van der Waals surface area contributed by atoms with Gasteiger partial charge in [0.2, 0.25) is 5.82 Å². The summed E-state index contributed by atoms with van der Waals surface area (Å²) in [5, 5.41) is 13.7. The molecule has 0 amide bonds. The molecule has 1 N–H and O–H groups in total. The number of hydrogen-bond donors (Lipinski definition) is 1. The van der Waals surface area contributed by atoms with Crippen LogP contribution in [0.15, 0.2) is 41.2 Å². The number of pyridine rings is 1. The predicted octanol–water partition coefficient (Wildman–Crippen LogP) is 3.12. The van der Waals surface area contributed by atoms with Crippen molar-refractivity contribution in [2.75, 3.05) is 0 Å². The van der Waals surface area contributed by atoms with Gasteiger partial charge in [-0.05, 0) is 43.2 Å². The van der Waals surface area contributed by atoms with Crippen molar-refractivity contribution >= 4 is 0 Å². The number of aromatic nitrogens is 3. The van der Waals surface area contributed by atoms with Gasteiger partial charge < -0.3 is 9.63 Å². The van der Waals surface area contributed by atoms with E-state index in [1.54, 1.807) is 18.5 Å². The molecular weight excluding hydrogens is 254 g/mol. The van der Waals surface area contributed by atoms with E-state index >= 15 is 0 Å². The number of rotatable bonds is 2. The Hall–Kier alpha value is -2.69. The van der Waals surface area contributed by atoms with Crippen LogP contribution in [-0.2, 0) is 0 Å². The van der Waals surface area contributed by atoms with Crippen LogP contribution in [0.25, 0.3) is 22.8 Å². The van der Waals surface area contributed by atoms with E-state index in [-0.39, 0.29) is 5.75 Å². The fourth-order valence-corrected chi connectivity index (χ4v) is 1.92. The third kappa shape index (κ3) is 2.14. The molecule has 3 rings (SSSR count). The van der Waals surface area contributed by atoms with Crippen LogP contribution in [0.4, 0.5) is 0 Å². The number of hydrogen-bond acceptors (Lipinski definition) is 5. The summed E-state index contributed by atoms with van der Waals surface area (Å²) in [4.78, 5) is 8.40. The first-order chi connectivity index (χ1) is 9.65. The normalized spacial score (nSPS) is 10.7. The van der Waals surface area contributed by atoms with E-state index < -0.39 is 0 Å². The topological polar surface area (TPSA) is 72.0 Å². The molecule has 5 nitrogen and oxygen atoms in total. The molecule has 0 fully saturated rings. The Morgan fingerprint density at radius 3 is 2.70 bits per heavy atom. The molecule has 0 aliphatic carbocycles. The van der Waals surface area contributed by atoms with E-state index in [9.17, 15) is 5.11 Å². The lowest BCUT2D eigenvalue weighted by atomic mass is 10.1. The number of phenols is 1. The molecule has 100 valence electrons. The lowest BCUT2D eigenvalue weighted by Crippen LogP contribution is -1.86. The number of aromatic hydroxyl groups is 1. The number of benzene rings is 1. The van der Waals surface area contributed by atoms with Crippen LogP contribution >= 0.6 is 0 Å². The van der Waals surface area contributed by atoms with Crippen LogP contribution in [0, 0.1) is 13.8 Å². The molecule has 0 spiro atoms. The first kappa shape index (κ1) is 12.3. The van der Waals surface area contributed by atoms with Gasteiger partial charge in [-0.2, -0.15) is 4.98 Å². The molecule has 0 unspecified atom stereocenters. The summed E-state index contributed by atoms with van der Waals surface area (Å²) >= 11 is 0. The Kier molecular flexibility index (Phi) is 2.95. The third-order valence-corrected chi connectivity index (χ3v) is 3.14. The van der Waals surface area contributed by atoms with E-state index in [0.29, 0.717) is 17.3 Å². The Balaban J connectivity index is 2.02. The molecule has 0 saturated heterocycles. The smallest absolute Gasteiger partial charge is 0.258 e. The SMILES string of the molecule is Cc1ccc(-c2nc(-c3ccncc3C)no2)cc1O. The second-order valence-electron chi connectivity index (χ2n) is 4.61. The lowest BCUT2D eigenvalue weighted by Gasteiger charge is -1.99. The molecule has 0 atom stereocenters. The standard InChI is InChI=1S/C15H13N3O2/c1-9-3-4-11(7-13(9)19)15-17-14(18-20-15)12-5-6-16-8-10(12)2/h3-8,19H,1-2H3. The first-order valence-electron chi connectivity index (χ1n) is 6.20. The van der Waals surface area contributed by atoms with Crippen LogP contribution in [-0.4, -0.2) is 20.2 Å². The van der Waals surface area contributed by atoms with Crippen LogP contribution < -0.4 is 0 Å². The average Bonchev–Trinajstić information content (AvgIpc) is 2.92. The molecule has 0 saturated carbocycles. The number of phenolic OH excluding ortho intramolecular Hbond substituents is 1. The molecule has 20 heavy (non-hydrogen) atoms. The maximum atomic E-state index is 9.73. The van der Waals surface area contributed by atoms with Gasteiger partial charge in [0.15, 0.2) is 0 Å². The van der Waals surface area contributed by atoms with E-state index in [2.05, 4.69) is 15.1 Å². The van der Waals surface area contributed by atoms with Crippen molar-refractivity contribution < 1.29 is 9.63 Å². The summed E-state index contributed by atoms with van der Waals surface area (Å²) in [7, 11) is 0. The summed E-state index contributed by atoms with van der Waals surface area (Å²) in [6, 6.07) is 7.11. The van der Waals surface area contributed by atoms with Gasteiger partial charge in [-0.1, -0.05) is 11.2 Å². The highest BCUT2D eigenvalue weighted by Gasteiger charge is 2.13. The molecule has 1 aromatic carbocycles. The molecular formula is C15H13N3O2. The van der Waals surface area contributed by atoms with E-state index in [1.807, 2.05) is 32.0 Å². The van der Waals surface area contributed by atoms with Gasteiger partial charge in [0.25, 0.3) is 5.89 Å². The molecule has 0 aliphatic heterocycles. The van der Waals surface area contributed by atoms with Crippen LogP contribution in [0.3, 0.4) is 0 Å². The average molecular weight is 267 g/mol. The van der Waals surface area contributed by atoms with Crippen molar-refractivity contribution in [2.24, 2.45) is 0 Å². The highest BCUT2D eigenvalue weighted by atomic mass is 16.5. The molecule has 2 heterocycles. The molecule has 0 aliphatic rings. The van der Waals surface area contributed by atoms with Crippen LogP contribution in [0.5, 0.6) is 5.75 Å². The van der Waals surface area contributed by atoms with Gasteiger partial charge in [0, 0.05) is 23.5 Å². The number of nitrogens with zero attached hydrogens (tertiary/aromatic N) is 3. The van der Waals surface area contributed by atoms with E-state index in [1.165, 1.54) is 0 Å². The molecule has 0 radical (unpaired) electrons. The maximum Gasteiger partial charge on any atom is 0.258 e. The summed E-state index contributed by atoms with van der Waals surface area (Å²) in [5.41, 5.74) is 3.36. The molecule has 0 bridgehead atoms. The maximum absolute atomic E-state index is 9.73. The van der Waals surface area contributed by atoms with Crippen molar-refractivity contribution in [2.45, 2.75) is 13.8 Å². The minimum Gasteiger partial charge on any atom is -0.508 e. The largest absolute Gasteiger partial charge is 0.508 e. The fraction of sp³-hybridized carbons (Fsp3) is 0.133. The van der Waals surface area contributed by atoms with Crippen LogP contribution in [0.2, 0.25) is 0 Å². The summed E-state index contributed by atoms with van der Waals surface area (Å²) in [6.45, 7) is 3.77. The van der Waals surface area contributed by atoms with Gasteiger partial charge in [-0.25, -0.2) is 0 Å². The van der Waals surface area contributed by atoms with E-state index in [4.69, 9.17) is 4.52 Å². The van der Waals surface area contributed by atoms with E-state index in [0.717, 1.165) is 16.7 Å². The number of aryl methyl sites for hydroxylation is 2. The Morgan fingerprint density at radius 2 is 1.95 bits per heavy atom. The zero-order valence-electron chi connectivity index (χ0n) is 11.2. The Labute approximate surface area is 115 Å². The van der Waals surface area contributed by atoms with Crippen molar-refractivity contribution in [3.05, 3.63) is 47.8 Å². The summed E-state index contributed by atoms with van der Waals surface area (Å²) < 4.78 is 5.26. The second-order valence-corrected chi connectivity index (χ2v) is 4.61. The highest BCUT2D eigenvalue weighted by Crippen LogP contribution is 2.27. The van der Waals surface area contributed by atoms with Gasteiger partial charge in [-0.3, -0.25) is 4.98 Å². The predicted molar refractivity (Wildman–Crippen MR) is 74.1 cm³/mol. The monoisotopic (exact) mass is 267 g/mol. The fourth-order valence-electron chi connectivity index (χ4n) is 1.92. The Morgan fingerprint density at radius 1 is 1.10 bits per heavy atom. The van der Waals surface area contributed by atoms with Gasteiger partial charge in [0.05, 0.1) is 0 Å². The van der Waals surface area contributed by atoms with Crippen molar-refractivity contribution in [1.29, 1.82) is 0 Å². The van der Waals surface area contributed by atoms with Crippen molar-refractivity contribution in [3.63, 3.8) is 0 Å². The van der Waals surface area contributed by atoms with Gasteiger partial charge >= 0.3 is 0 Å². The Bertz CT molecular complexity index is 765. The first-order valence-corrected chi connectivity index (χ1v) is 6.20. The zero-order chi connectivity index (χ0) is 14.1.